The van der Waals surface area contributed by atoms with Crippen molar-refractivity contribution < 1.29 is 4.79 Å². The lowest BCUT2D eigenvalue weighted by molar-refractivity contribution is 0.0700. The Balaban J connectivity index is 0.00000110. The molecule has 8 heteroatoms. The molecule has 0 saturated carbocycles. The minimum atomic E-state index is 0. The number of hydrogen-bond donors (Lipinski definition) is 1. The second-order valence-corrected chi connectivity index (χ2v) is 4.83. The largest absolute Gasteiger partial charge is 0.337 e. The van der Waals surface area contributed by atoms with Crippen LogP contribution in [0.4, 0.5) is 0 Å². The summed E-state index contributed by atoms with van der Waals surface area (Å²) in [5.74, 6) is 0.0219. The summed E-state index contributed by atoms with van der Waals surface area (Å²) in [6, 6.07) is 2.18. The Morgan fingerprint density at radius 2 is 2.24 bits per heavy atom. The van der Waals surface area contributed by atoms with Crippen LogP contribution >= 0.6 is 24.8 Å². The SMILES string of the molecule is CNC1CCCN(C(=O)c2cnn3cccnc23)C1.Cl.Cl. The monoisotopic (exact) mass is 331 g/mol. The predicted molar refractivity (Wildman–Crippen MR) is 85.5 cm³/mol. The fraction of sp³-hybridized carbons (Fsp3) is 0.462. The Kier molecular flexibility index (Phi) is 6.39. The van der Waals surface area contributed by atoms with Crippen LogP contribution in [0.5, 0.6) is 0 Å². The molecule has 0 bridgehead atoms. The lowest BCUT2D eigenvalue weighted by atomic mass is 10.1. The normalized spacial score (nSPS) is 18.0. The molecule has 0 spiro atoms. The van der Waals surface area contributed by atoms with E-state index >= 15 is 0 Å². The van der Waals surface area contributed by atoms with Crippen LogP contribution in [-0.4, -0.2) is 51.6 Å². The molecule has 3 rings (SSSR count). The third-order valence-electron chi connectivity index (χ3n) is 3.63. The summed E-state index contributed by atoms with van der Waals surface area (Å²) in [5, 5.41) is 7.41. The van der Waals surface area contributed by atoms with Gasteiger partial charge in [0.25, 0.3) is 5.91 Å². The van der Waals surface area contributed by atoms with Crippen LogP contribution in [0.25, 0.3) is 5.65 Å². The van der Waals surface area contributed by atoms with Gasteiger partial charge in [0.05, 0.1) is 6.20 Å². The van der Waals surface area contributed by atoms with Gasteiger partial charge in [0, 0.05) is 31.5 Å². The number of amides is 1. The van der Waals surface area contributed by atoms with Gasteiger partial charge in [-0.3, -0.25) is 4.79 Å². The summed E-state index contributed by atoms with van der Waals surface area (Å²) >= 11 is 0. The molecule has 1 saturated heterocycles. The van der Waals surface area contributed by atoms with Gasteiger partial charge in [0.15, 0.2) is 5.65 Å². The van der Waals surface area contributed by atoms with E-state index in [0.717, 1.165) is 25.9 Å². The number of nitrogens with zero attached hydrogens (tertiary/aromatic N) is 4. The number of piperidine rings is 1. The van der Waals surface area contributed by atoms with Gasteiger partial charge >= 0.3 is 0 Å². The number of likely N-dealkylation sites (N-methyl/N-ethyl adjacent to an activating group) is 1. The van der Waals surface area contributed by atoms with E-state index in [4.69, 9.17) is 0 Å². The Bertz CT molecular complexity index is 603. The summed E-state index contributed by atoms with van der Waals surface area (Å²) < 4.78 is 1.63. The number of aromatic nitrogens is 3. The van der Waals surface area contributed by atoms with Gasteiger partial charge in [-0.2, -0.15) is 5.10 Å². The maximum Gasteiger partial charge on any atom is 0.259 e. The molecule has 1 aliphatic rings. The fourth-order valence-corrected chi connectivity index (χ4v) is 2.55. The first-order chi connectivity index (χ1) is 9.29. The lowest BCUT2D eigenvalue weighted by Gasteiger charge is -2.32. The van der Waals surface area contributed by atoms with E-state index in [1.807, 2.05) is 11.9 Å². The van der Waals surface area contributed by atoms with Gasteiger partial charge in [-0.15, -0.1) is 24.8 Å². The minimum absolute atomic E-state index is 0. The first-order valence-corrected chi connectivity index (χ1v) is 6.54. The van der Waals surface area contributed by atoms with E-state index in [1.54, 1.807) is 29.2 Å². The Labute approximate surface area is 135 Å². The molecule has 1 amide bonds. The van der Waals surface area contributed by atoms with E-state index in [0.29, 0.717) is 17.3 Å². The number of rotatable bonds is 2. The molecule has 2 aromatic rings. The van der Waals surface area contributed by atoms with Crippen molar-refractivity contribution in [2.75, 3.05) is 20.1 Å². The molecule has 116 valence electrons. The second kappa shape index (κ2) is 7.59. The summed E-state index contributed by atoms with van der Waals surface area (Å²) in [6.45, 7) is 1.56. The Morgan fingerprint density at radius 1 is 1.43 bits per heavy atom. The summed E-state index contributed by atoms with van der Waals surface area (Å²) in [7, 11) is 1.94. The minimum Gasteiger partial charge on any atom is -0.337 e. The Hall–Kier alpha value is -1.37. The number of carbonyl (C=O) groups is 1. The van der Waals surface area contributed by atoms with Crippen LogP contribution in [0.3, 0.4) is 0 Å². The van der Waals surface area contributed by atoms with Crippen molar-refractivity contribution in [2.45, 2.75) is 18.9 Å². The summed E-state index contributed by atoms with van der Waals surface area (Å²) in [6.07, 6.45) is 7.23. The highest BCUT2D eigenvalue weighted by Crippen LogP contribution is 2.15. The zero-order valence-corrected chi connectivity index (χ0v) is 13.4. The topological polar surface area (TPSA) is 62.5 Å². The number of hydrogen-bond acceptors (Lipinski definition) is 4. The lowest BCUT2D eigenvalue weighted by Crippen LogP contribution is -2.46. The molecule has 3 heterocycles. The number of nitrogens with one attached hydrogen (secondary N) is 1. The molecule has 1 fully saturated rings. The average Bonchev–Trinajstić information content (AvgIpc) is 2.90. The molecule has 1 N–H and O–H groups in total. The third-order valence-corrected chi connectivity index (χ3v) is 3.63. The third kappa shape index (κ3) is 3.45. The van der Waals surface area contributed by atoms with Crippen molar-refractivity contribution in [3.05, 3.63) is 30.2 Å². The van der Waals surface area contributed by atoms with Gasteiger partial charge in [-0.1, -0.05) is 0 Å². The average molecular weight is 332 g/mol. The van der Waals surface area contributed by atoms with E-state index in [2.05, 4.69) is 15.4 Å². The van der Waals surface area contributed by atoms with E-state index in [1.165, 1.54) is 0 Å². The van der Waals surface area contributed by atoms with E-state index in [-0.39, 0.29) is 30.7 Å². The molecule has 0 aromatic carbocycles. The van der Waals surface area contributed by atoms with Crippen LogP contribution in [0.2, 0.25) is 0 Å². The van der Waals surface area contributed by atoms with Crippen LogP contribution in [-0.2, 0) is 0 Å². The maximum atomic E-state index is 12.5. The van der Waals surface area contributed by atoms with Gasteiger partial charge < -0.3 is 10.2 Å². The number of halogens is 2. The second-order valence-electron chi connectivity index (χ2n) is 4.83. The van der Waals surface area contributed by atoms with Crippen molar-refractivity contribution in [3.8, 4) is 0 Å². The summed E-state index contributed by atoms with van der Waals surface area (Å²) in [5.41, 5.74) is 1.21. The first kappa shape index (κ1) is 17.7. The molecule has 6 nitrogen and oxygen atoms in total. The highest BCUT2D eigenvalue weighted by Gasteiger charge is 2.25. The van der Waals surface area contributed by atoms with Crippen LogP contribution in [0, 0.1) is 0 Å². The smallest absolute Gasteiger partial charge is 0.259 e. The van der Waals surface area contributed by atoms with Crippen molar-refractivity contribution in [3.63, 3.8) is 0 Å². The molecule has 1 aliphatic heterocycles. The predicted octanol–water partition coefficient (Wildman–Crippen LogP) is 1.40. The van der Waals surface area contributed by atoms with Crippen molar-refractivity contribution >= 4 is 36.4 Å². The molecule has 21 heavy (non-hydrogen) atoms. The molecular formula is C13H19Cl2N5O. The van der Waals surface area contributed by atoms with Crippen LogP contribution in [0.15, 0.2) is 24.7 Å². The van der Waals surface area contributed by atoms with E-state index in [9.17, 15) is 4.79 Å². The van der Waals surface area contributed by atoms with Gasteiger partial charge in [-0.05, 0) is 26.0 Å². The van der Waals surface area contributed by atoms with Gasteiger partial charge in [0.2, 0.25) is 0 Å². The highest BCUT2D eigenvalue weighted by molar-refractivity contribution is 5.99. The first-order valence-electron chi connectivity index (χ1n) is 6.54. The zero-order chi connectivity index (χ0) is 13.2. The molecule has 0 radical (unpaired) electrons. The van der Waals surface area contributed by atoms with Crippen molar-refractivity contribution in [2.24, 2.45) is 0 Å². The molecular weight excluding hydrogens is 313 g/mol. The number of likely N-dealkylation sites (tertiary alicyclic amines) is 1. The Morgan fingerprint density at radius 3 is 3.00 bits per heavy atom. The number of carbonyl (C=O) groups excluding carboxylic acids is 1. The van der Waals surface area contributed by atoms with Gasteiger partial charge in [-0.25, -0.2) is 9.50 Å². The zero-order valence-electron chi connectivity index (χ0n) is 11.7. The fourth-order valence-electron chi connectivity index (χ4n) is 2.55. The highest BCUT2D eigenvalue weighted by atomic mass is 35.5. The summed E-state index contributed by atoms with van der Waals surface area (Å²) in [4.78, 5) is 18.7. The standard InChI is InChI=1S/C13H17N5O.2ClH/c1-14-10-4-2-6-17(9-10)13(19)11-8-16-18-7-3-5-15-12(11)18;;/h3,5,7-8,10,14H,2,4,6,9H2,1H3;2*1H. The molecule has 1 atom stereocenters. The quantitative estimate of drug-likeness (QED) is 0.903. The van der Waals surface area contributed by atoms with Crippen LogP contribution < -0.4 is 5.32 Å². The maximum absolute atomic E-state index is 12.5. The van der Waals surface area contributed by atoms with E-state index < -0.39 is 0 Å². The van der Waals surface area contributed by atoms with Crippen molar-refractivity contribution in [1.29, 1.82) is 0 Å². The van der Waals surface area contributed by atoms with Gasteiger partial charge in [0.1, 0.15) is 5.56 Å². The molecule has 0 aliphatic carbocycles. The number of fused-ring (bicyclic) bond motifs is 1. The van der Waals surface area contributed by atoms with Crippen LogP contribution in [0.1, 0.15) is 23.2 Å². The van der Waals surface area contributed by atoms with Crippen molar-refractivity contribution in [1.82, 2.24) is 24.8 Å². The molecule has 1 unspecified atom stereocenters. The molecule has 2 aromatic heterocycles.